The third kappa shape index (κ3) is 2.82. The number of nitro benzene ring substituents is 1. The first-order valence-corrected chi connectivity index (χ1v) is 7.97. The second-order valence-electron chi connectivity index (χ2n) is 5.62. The van der Waals surface area contributed by atoms with E-state index in [1.807, 2.05) is 0 Å². The number of nitrogens with one attached hydrogen (secondary N) is 1. The van der Waals surface area contributed by atoms with Crippen LogP contribution in [0.4, 0.5) is 11.4 Å². The maximum atomic E-state index is 10.9. The Balaban J connectivity index is 1.93. The average molecular weight is 330 g/mol. The summed E-state index contributed by atoms with van der Waals surface area (Å²) in [4.78, 5) is 12.6. The van der Waals surface area contributed by atoms with E-state index in [0.717, 1.165) is 38.0 Å². The summed E-state index contributed by atoms with van der Waals surface area (Å²) in [6, 6.07) is 3.60. The molecule has 1 aromatic rings. The van der Waals surface area contributed by atoms with Gasteiger partial charge in [-0.3, -0.25) is 10.1 Å². The Morgan fingerprint density at radius 3 is 2.52 bits per heavy atom. The highest BCUT2D eigenvalue weighted by atomic mass is 35.5. The molecule has 2 aliphatic heterocycles. The number of anilines is 1. The van der Waals surface area contributed by atoms with Gasteiger partial charge in [0.05, 0.1) is 20.7 Å². The van der Waals surface area contributed by atoms with Gasteiger partial charge in [0, 0.05) is 30.8 Å². The number of rotatable bonds is 3. The van der Waals surface area contributed by atoms with Gasteiger partial charge in [0.25, 0.3) is 5.69 Å². The Bertz CT molecular complexity index is 538. The SMILES string of the molecule is O=[N+]([O-])c1cc(Cl)c(N2CCCC2C2CCCN2)c(Cl)c1. The van der Waals surface area contributed by atoms with Crippen molar-refractivity contribution in [3.8, 4) is 0 Å². The van der Waals surface area contributed by atoms with E-state index >= 15 is 0 Å². The van der Waals surface area contributed by atoms with Crippen LogP contribution in [0, 0.1) is 10.1 Å². The predicted molar refractivity (Wildman–Crippen MR) is 84.5 cm³/mol. The summed E-state index contributed by atoms with van der Waals surface area (Å²) in [5.41, 5.74) is 0.670. The Kier molecular flexibility index (Phi) is 4.24. The maximum absolute atomic E-state index is 10.9. The lowest BCUT2D eigenvalue weighted by molar-refractivity contribution is -0.384. The largest absolute Gasteiger partial charge is 0.365 e. The molecular weight excluding hydrogens is 313 g/mol. The molecule has 3 rings (SSSR count). The summed E-state index contributed by atoms with van der Waals surface area (Å²) < 4.78 is 0. The highest BCUT2D eigenvalue weighted by molar-refractivity contribution is 6.39. The first-order valence-electron chi connectivity index (χ1n) is 7.21. The quantitative estimate of drug-likeness (QED) is 0.679. The highest BCUT2D eigenvalue weighted by Crippen LogP contribution is 2.41. The molecule has 21 heavy (non-hydrogen) atoms. The second kappa shape index (κ2) is 5.99. The third-order valence-electron chi connectivity index (χ3n) is 4.36. The molecular formula is C14H17Cl2N3O2. The van der Waals surface area contributed by atoms with Crippen LogP contribution in [0.1, 0.15) is 25.7 Å². The zero-order valence-corrected chi connectivity index (χ0v) is 13.0. The average Bonchev–Trinajstić information content (AvgIpc) is 3.07. The van der Waals surface area contributed by atoms with Crippen molar-refractivity contribution in [2.24, 2.45) is 0 Å². The summed E-state index contributed by atoms with van der Waals surface area (Å²) in [5, 5.41) is 15.1. The zero-order chi connectivity index (χ0) is 15.0. The Hall–Kier alpha value is -1.04. The molecule has 0 aliphatic carbocycles. The van der Waals surface area contributed by atoms with Crippen molar-refractivity contribution in [1.82, 2.24) is 5.32 Å². The van der Waals surface area contributed by atoms with Gasteiger partial charge in [0.1, 0.15) is 0 Å². The number of non-ortho nitro benzene ring substituents is 1. The first-order chi connectivity index (χ1) is 10.1. The Morgan fingerprint density at radius 1 is 1.24 bits per heavy atom. The van der Waals surface area contributed by atoms with Crippen LogP contribution in [0.5, 0.6) is 0 Å². The van der Waals surface area contributed by atoms with Crippen molar-refractivity contribution < 1.29 is 4.92 Å². The van der Waals surface area contributed by atoms with E-state index in [1.165, 1.54) is 18.6 Å². The molecule has 0 amide bonds. The molecule has 0 saturated carbocycles. The summed E-state index contributed by atoms with van der Waals surface area (Å²) in [6.45, 7) is 1.94. The Labute approximate surface area is 133 Å². The summed E-state index contributed by atoms with van der Waals surface area (Å²) in [6.07, 6.45) is 4.54. The van der Waals surface area contributed by atoms with Crippen LogP contribution in [0.25, 0.3) is 0 Å². The Morgan fingerprint density at radius 2 is 1.95 bits per heavy atom. The van der Waals surface area contributed by atoms with Gasteiger partial charge in [-0.15, -0.1) is 0 Å². The van der Waals surface area contributed by atoms with E-state index in [-0.39, 0.29) is 5.69 Å². The van der Waals surface area contributed by atoms with E-state index < -0.39 is 4.92 Å². The van der Waals surface area contributed by atoms with Gasteiger partial charge < -0.3 is 10.2 Å². The number of hydrogen-bond donors (Lipinski definition) is 1. The molecule has 2 heterocycles. The fraction of sp³-hybridized carbons (Fsp3) is 0.571. The molecule has 5 nitrogen and oxygen atoms in total. The van der Waals surface area contributed by atoms with E-state index in [4.69, 9.17) is 23.2 Å². The first kappa shape index (κ1) is 14.9. The zero-order valence-electron chi connectivity index (χ0n) is 11.5. The van der Waals surface area contributed by atoms with Crippen molar-refractivity contribution in [2.45, 2.75) is 37.8 Å². The standard InChI is InChI=1S/C14H17Cl2N3O2/c15-10-7-9(19(20)21)8-11(16)14(10)18-6-2-4-13(18)12-3-1-5-17-12/h7-8,12-13,17H,1-6H2. The molecule has 0 spiro atoms. The van der Waals surface area contributed by atoms with Gasteiger partial charge in [0.15, 0.2) is 0 Å². The molecule has 2 atom stereocenters. The fourth-order valence-electron chi connectivity index (χ4n) is 3.46. The topological polar surface area (TPSA) is 58.4 Å². The van der Waals surface area contributed by atoms with Crippen molar-refractivity contribution in [1.29, 1.82) is 0 Å². The van der Waals surface area contributed by atoms with Crippen LogP contribution in [-0.4, -0.2) is 30.1 Å². The molecule has 2 aliphatic rings. The minimum Gasteiger partial charge on any atom is -0.365 e. The summed E-state index contributed by atoms with van der Waals surface area (Å²) in [5.74, 6) is 0. The molecule has 114 valence electrons. The number of benzene rings is 1. The van der Waals surface area contributed by atoms with E-state index in [2.05, 4.69) is 10.2 Å². The van der Waals surface area contributed by atoms with E-state index in [9.17, 15) is 10.1 Å². The van der Waals surface area contributed by atoms with Crippen LogP contribution in [0.2, 0.25) is 10.0 Å². The minimum atomic E-state index is -0.471. The predicted octanol–water partition coefficient (Wildman–Crippen LogP) is 3.62. The van der Waals surface area contributed by atoms with Crippen molar-refractivity contribution in [3.63, 3.8) is 0 Å². The lowest BCUT2D eigenvalue weighted by atomic mass is 10.0. The second-order valence-corrected chi connectivity index (χ2v) is 6.44. The van der Waals surface area contributed by atoms with Crippen LogP contribution < -0.4 is 10.2 Å². The van der Waals surface area contributed by atoms with Crippen LogP contribution in [-0.2, 0) is 0 Å². The highest BCUT2D eigenvalue weighted by Gasteiger charge is 2.35. The smallest absolute Gasteiger partial charge is 0.272 e. The van der Waals surface area contributed by atoms with Gasteiger partial charge in [-0.2, -0.15) is 0 Å². The van der Waals surface area contributed by atoms with E-state index in [1.54, 1.807) is 0 Å². The maximum Gasteiger partial charge on any atom is 0.272 e. The van der Waals surface area contributed by atoms with Gasteiger partial charge in [0.2, 0.25) is 0 Å². The van der Waals surface area contributed by atoms with Gasteiger partial charge in [-0.05, 0) is 32.2 Å². The van der Waals surface area contributed by atoms with Crippen LogP contribution in [0.15, 0.2) is 12.1 Å². The molecule has 2 unspecified atom stereocenters. The molecule has 1 aromatic carbocycles. The molecule has 1 N–H and O–H groups in total. The van der Waals surface area contributed by atoms with Gasteiger partial charge in [-0.25, -0.2) is 0 Å². The molecule has 0 aromatic heterocycles. The molecule has 2 saturated heterocycles. The number of hydrogen-bond acceptors (Lipinski definition) is 4. The molecule has 0 bridgehead atoms. The monoisotopic (exact) mass is 329 g/mol. The van der Waals surface area contributed by atoms with Crippen molar-refractivity contribution in [3.05, 3.63) is 32.3 Å². The number of halogens is 2. The lowest BCUT2D eigenvalue weighted by Gasteiger charge is -2.32. The minimum absolute atomic E-state index is 0.0662. The van der Waals surface area contributed by atoms with Gasteiger partial charge >= 0.3 is 0 Å². The number of nitro groups is 1. The van der Waals surface area contributed by atoms with Crippen molar-refractivity contribution in [2.75, 3.05) is 18.0 Å². The third-order valence-corrected chi connectivity index (χ3v) is 4.94. The van der Waals surface area contributed by atoms with Gasteiger partial charge in [-0.1, -0.05) is 23.2 Å². The lowest BCUT2D eigenvalue weighted by Crippen LogP contribution is -2.44. The van der Waals surface area contributed by atoms with Crippen molar-refractivity contribution >= 4 is 34.6 Å². The molecule has 0 radical (unpaired) electrons. The normalized spacial score (nSPS) is 25.5. The molecule has 7 heteroatoms. The molecule has 2 fully saturated rings. The van der Waals surface area contributed by atoms with Crippen LogP contribution in [0.3, 0.4) is 0 Å². The summed E-state index contributed by atoms with van der Waals surface area (Å²) in [7, 11) is 0. The summed E-state index contributed by atoms with van der Waals surface area (Å²) >= 11 is 12.6. The van der Waals surface area contributed by atoms with E-state index in [0.29, 0.717) is 22.1 Å². The fourth-order valence-corrected chi connectivity index (χ4v) is 4.15. The number of nitrogens with zero attached hydrogens (tertiary/aromatic N) is 2. The van der Waals surface area contributed by atoms with Crippen LogP contribution >= 0.6 is 23.2 Å².